The number of rotatable bonds is 48. The number of nitrogens with two attached hydrogens (primary N) is 2. The monoisotopic (exact) mass is 1470 g/mol. The van der Waals surface area contributed by atoms with Gasteiger partial charge < -0.3 is 115 Å². The summed E-state index contributed by atoms with van der Waals surface area (Å²) in [7, 11) is -5.59. The summed E-state index contributed by atoms with van der Waals surface area (Å²) in [6.07, 6.45) is -7.86. The van der Waals surface area contributed by atoms with E-state index in [2.05, 4.69) is 52.4 Å². The highest BCUT2D eigenvalue weighted by molar-refractivity contribution is 7.98. The van der Waals surface area contributed by atoms with Crippen LogP contribution in [0.25, 0.3) is 0 Å². The molecule has 0 saturated carbocycles. The summed E-state index contributed by atoms with van der Waals surface area (Å²) in [6, 6.07) is -13.8. The molecule has 1 aromatic carbocycles. The van der Waals surface area contributed by atoms with E-state index in [1.165, 1.54) is 34.6 Å². The lowest BCUT2D eigenvalue weighted by Gasteiger charge is -2.30. The summed E-state index contributed by atoms with van der Waals surface area (Å²) in [6.45, 7) is 7.79. The number of phosphoric acid groups is 1. The Balaban J connectivity index is 3.70. The van der Waals surface area contributed by atoms with Crippen LogP contribution < -0.4 is 70.0 Å². The highest BCUT2D eigenvalue weighted by Gasteiger charge is 2.40. The predicted molar refractivity (Wildman–Crippen MR) is 352 cm³/mol. The van der Waals surface area contributed by atoms with Crippen LogP contribution in [0.4, 0.5) is 0 Å². The molecular weight excluding hydrogens is 1370 g/mol. The topological polar surface area (TPSA) is 649 Å². The highest BCUT2D eigenvalue weighted by Crippen LogP contribution is 2.35. The van der Waals surface area contributed by atoms with Crippen LogP contribution in [0.2, 0.25) is 0 Å². The Morgan fingerprint density at radius 2 is 0.820 bits per heavy atom. The molecule has 39 nitrogen and oxygen atoms in total. The molecule has 15 atom stereocenters. The number of carboxylic acids is 4. The number of hydrogen-bond donors (Lipinski definition) is 22. The summed E-state index contributed by atoms with van der Waals surface area (Å²) < 4.78 is 16.5. The lowest BCUT2D eigenvalue weighted by atomic mass is 9.99. The van der Waals surface area contributed by atoms with E-state index in [9.17, 15) is 122 Å². The van der Waals surface area contributed by atoms with E-state index in [4.69, 9.17) is 11.5 Å². The lowest BCUT2D eigenvalue weighted by molar-refractivity contribution is -0.143. The van der Waals surface area contributed by atoms with Crippen molar-refractivity contribution in [2.45, 2.75) is 203 Å². The molecule has 0 spiro atoms. The number of aliphatic carboxylic acids is 4. The second-order valence-electron chi connectivity index (χ2n) is 24.0. The van der Waals surface area contributed by atoms with Gasteiger partial charge in [0.15, 0.2) is 0 Å². The second kappa shape index (κ2) is 44.6. The summed E-state index contributed by atoms with van der Waals surface area (Å²) in [5, 5.41) is 94.7. The summed E-state index contributed by atoms with van der Waals surface area (Å²) in [4.78, 5) is 219. The fourth-order valence-electron chi connectivity index (χ4n) is 9.10. The van der Waals surface area contributed by atoms with Crippen molar-refractivity contribution in [1.29, 1.82) is 0 Å². The largest absolute Gasteiger partial charge is 0.481 e. The average molecular weight is 1470 g/mol. The van der Waals surface area contributed by atoms with Crippen molar-refractivity contribution >= 4 is 108 Å². The van der Waals surface area contributed by atoms with Crippen molar-refractivity contribution in [2.75, 3.05) is 25.2 Å². The van der Waals surface area contributed by atoms with E-state index in [-0.39, 0.29) is 31.6 Å². The Morgan fingerprint density at radius 3 is 1.23 bits per heavy atom. The van der Waals surface area contributed by atoms with E-state index in [1.807, 2.05) is 10.6 Å². The molecule has 1 aromatic rings. The fourth-order valence-corrected chi connectivity index (χ4v) is 9.91. The van der Waals surface area contributed by atoms with Crippen LogP contribution >= 0.6 is 19.6 Å². The zero-order valence-electron chi connectivity index (χ0n) is 56.4. The third-order valence-corrected chi connectivity index (χ3v) is 15.9. The number of amides is 11. The van der Waals surface area contributed by atoms with Gasteiger partial charge in [-0.3, -0.25) is 71.6 Å². The highest BCUT2D eigenvalue weighted by atomic mass is 32.2. The minimum absolute atomic E-state index is 0.0531. The first-order chi connectivity index (χ1) is 46.5. The molecular formula is C59H96N13O26PS. The molecule has 0 aromatic heterocycles. The molecule has 100 heavy (non-hydrogen) atoms. The van der Waals surface area contributed by atoms with Gasteiger partial charge in [-0.25, -0.2) is 9.36 Å². The Bertz CT molecular complexity index is 3020. The molecule has 0 aliphatic carbocycles. The van der Waals surface area contributed by atoms with Crippen LogP contribution in [0.15, 0.2) is 30.3 Å². The van der Waals surface area contributed by atoms with Gasteiger partial charge in [0.1, 0.15) is 72.5 Å². The number of aliphatic hydroxyl groups is 3. The van der Waals surface area contributed by atoms with Crippen LogP contribution in [0.5, 0.6) is 0 Å². The molecule has 41 heteroatoms. The van der Waals surface area contributed by atoms with Gasteiger partial charge in [-0.05, 0) is 95.2 Å². The number of carboxylic acid groups (broad SMARTS) is 4. The molecule has 0 unspecified atom stereocenters. The second-order valence-corrected chi connectivity index (χ2v) is 26.2. The van der Waals surface area contributed by atoms with Gasteiger partial charge >= 0.3 is 31.7 Å². The number of nitrogens with one attached hydrogen (secondary N) is 11. The van der Waals surface area contributed by atoms with Gasteiger partial charge in [0, 0.05) is 19.3 Å². The van der Waals surface area contributed by atoms with Crippen LogP contribution in [-0.2, 0) is 87.4 Å². The number of phosphoric ester groups is 1. The molecule has 0 aliphatic heterocycles. The van der Waals surface area contributed by atoms with Crippen molar-refractivity contribution < 1.29 is 127 Å². The first-order valence-corrected chi connectivity index (χ1v) is 34.4. The Hall–Kier alpha value is -8.47. The van der Waals surface area contributed by atoms with E-state index in [1.54, 1.807) is 36.6 Å². The van der Waals surface area contributed by atoms with Gasteiger partial charge in [0.25, 0.3) is 0 Å². The van der Waals surface area contributed by atoms with Crippen molar-refractivity contribution in [3.63, 3.8) is 0 Å². The number of aliphatic hydroxyl groups excluding tert-OH is 3. The Labute approximate surface area is 579 Å². The number of carbonyl (C=O) groups excluding carboxylic acids is 11. The van der Waals surface area contributed by atoms with Gasteiger partial charge in [0.05, 0.1) is 31.3 Å². The van der Waals surface area contributed by atoms with Gasteiger partial charge in [-0.1, -0.05) is 58.0 Å². The minimum atomic E-state index is -5.59. The maximum atomic E-state index is 14.3. The van der Waals surface area contributed by atoms with Crippen molar-refractivity contribution in [2.24, 2.45) is 23.3 Å². The average Bonchev–Trinajstić information content (AvgIpc) is 0.856. The van der Waals surface area contributed by atoms with Crippen molar-refractivity contribution in [3.8, 4) is 0 Å². The van der Waals surface area contributed by atoms with Crippen molar-refractivity contribution in [1.82, 2.24) is 58.5 Å². The summed E-state index contributed by atoms with van der Waals surface area (Å²) >= 11 is 1.12. The smallest absolute Gasteiger partial charge is 0.469 e. The van der Waals surface area contributed by atoms with Crippen LogP contribution in [0.1, 0.15) is 112 Å². The first-order valence-electron chi connectivity index (χ1n) is 31.5. The zero-order chi connectivity index (χ0) is 76.5. The number of hydrogen-bond acceptors (Lipinski definition) is 23. The number of thioether (sulfide) groups is 1. The molecule has 11 amide bonds. The number of carbonyl (C=O) groups is 15. The minimum Gasteiger partial charge on any atom is -0.481 e. The quantitative estimate of drug-likeness (QED) is 0.0213. The number of unbranched alkanes of at least 4 members (excludes halogenated alkanes) is 1. The van der Waals surface area contributed by atoms with E-state index >= 15 is 0 Å². The van der Waals surface area contributed by atoms with Crippen molar-refractivity contribution in [3.05, 3.63) is 35.9 Å². The zero-order valence-corrected chi connectivity index (χ0v) is 58.1. The third kappa shape index (κ3) is 33.6. The lowest BCUT2D eigenvalue weighted by Crippen LogP contribution is -2.63. The maximum Gasteiger partial charge on any atom is 0.469 e. The Morgan fingerprint density at radius 1 is 0.450 bits per heavy atom. The van der Waals surface area contributed by atoms with E-state index in [0.717, 1.165) is 25.6 Å². The fraction of sp³-hybridized carbons (Fsp3) is 0.644. The molecule has 0 saturated heterocycles. The first kappa shape index (κ1) is 89.5. The molecule has 0 fully saturated rings. The SMILES string of the molecule is CSCC[C@H](NC(=O)[C@H](CC(=O)O)NC(=O)[C@@H](NC(=O)[C@@H](N)[C@@H](C)O)C(C)C)C(=O)N[C@@H](CCC(=O)O)C(=O)N[C@@H](COP(=O)(O)O)C(=O)N[C@H](C(=O)N[C@@H](CCC(=O)O)C(=O)N[C@H](C(=O)N[C@@H](Cc1ccccc1)C(=O)N[C@H](C(=O)N[C@@H](CCCCN)C(=O)O)[C@@H](C)O)C(C)C)[C@@H](C)O. The maximum absolute atomic E-state index is 14.3. The summed E-state index contributed by atoms with van der Waals surface area (Å²) in [5.74, 6) is -21.5. The summed E-state index contributed by atoms with van der Waals surface area (Å²) in [5.41, 5.74) is 11.7. The van der Waals surface area contributed by atoms with E-state index in [0.29, 0.717) is 18.4 Å². The van der Waals surface area contributed by atoms with Crippen LogP contribution in [0.3, 0.4) is 0 Å². The molecule has 0 radical (unpaired) electrons. The van der Waals surface area contributed by atoms with Gasteiger partial charge in [0.2, 0.25) is 65.0 Å². The van der Waals surface area contributed by atoms with Gasteiger partial charge in [-0.2, -0.15) is 11.8 Å². The molecule has 24 N–H and O–H groups in total. The van der Waals surface area contributed by atoms with E-state index < -0.39 is 238 Å². The molecule has 1 rings (SSSR count). The third-order valence-electron chi connectivity index (χ3n) is 14.8. The van der Waals surface area contributed by atoms with Crippen LogP contribution in [0, 0.1) is 11.8 Å². The van der Waals surface area contributed by atoms with Gasteiger partial charge in [-0.15, -0.1) is 0 Å². The molecule has 0 aliphatic rings. The standard InChI is InChI=1S/C59H96N13O26PS/c1-27(2)44(55(89)66-37(24-32-14-10-9-11-15-32)52(86)71-47(31(7)75)58(92)65-36(59(93)94)16-12-13-22-60)69-50(84)34(18-20-41(78)79)64-57(91)46(30(6)74)72-53(87)39(26-98-99(95,96)97)68-48(82)33(17-19-40(76)77)62-49(83)35(21-23-100-8)63-51(85)38(25-42(80)81)67-56(90)45(28(3)4)70-54(88)43(61)29(5)73/h9-11,14-15,27-31,33-39,43-47,73-75H,12-13,16-26,60-61H2,1-8H3,(H,62,83)(H,63,85)(H,64,91)(H,65,92)(H,66,89)(H,67,90)(H,68,82)(H,69,84)(H,70,88)(H,71,86)(H,72,87)(H,76,77)(H,78,79)(H,80,81)(H,93,94)(H2,95,96,97)/t29-,30-,31-,33+,34+,35+,36+,37+,38+,39+,43+,44+,45+,46+,47+/m1/s1. The molecule has 0 bridgehead atoms. The van der Waals surface area contributed by atoms with Crippen LogP contribution in [-0.4, -0.2) is 250 Å². The normalized spacial score (nSPS) is 15.9. The molecule has 0 heterocycles. The Kier molecular flexibility index (Phi) is 40.0. The molecule has 564 valence electrons. The predicted octanol–water partition coefficient (Wildman–Crippen LogP) is -6.38. The number of benzene rings is 1.